The molecule has 0 saturated heterocycles. The summed E-state index contributed by atoms with van der Waals surface area (Å²) in [6.45, 7) is 14.5. The van der Waals surface area contributed by atoms with Gasteiger partial charge in [0.05, 0.1) is 5.60 Å². The van der Waals surface area contributed by atoms with Crippen LogP contribution in [0.4, 0.5) is 0 Å². The van der Waals surface area contributed by atoms with E-state index in [2.05, 4.69) is 63.1 Å². The van der Waals surface area contributed by atoms with Gasteiger partial charge in [-0.15, -0.1) is 0 Å². The minimum Gasteiger partial charge on any atom is -0.376 e. The van der Waals surface area contributed by atoms with E-state index in [0.717, 1.165) is 6.61 Å². The molecule has 0 fully saturated rings. The summed E-state index contributed by atoms with van der Waals surface area (Å²) in [6, 6.07) is 0. The first-order valence-corrected chi connectivity index (χ1v) is 13.1. The Labute approximate surface area is 167 Å². The summed E-state index contributed by atoms with van der Waals surface area (Å²) in [7, 11) is 4.17. The van der Waals surface area contributed by atoms with Gasteiger partial charge in [-0.25, -0.2) is 0 Å². The summed E-state index contributed by atoms with van der Waals surface area (Å²) >= 11 is 0. The molecule has 0 aliphatic rings. The largest absolute Gasteiger partial charge is 0.376 e. The molecule has 0 aromatic carbocycles. The second-order valence-corrected chi connectivity index (χ2v) is 11.8. The minimum atomic E-state index is 0.0260. The maximum Gasteiger partial charge on any atom is 0.0598 e. The van der Waals surface area contributed by atoms with Gasteiger partial charge in [0.1, 0.15) is 0 Å². The van der Waals surface area contributed by atoms with Crippen LogP contribution in [-0.4, -0.2) is 23.7 Å². The highest BCUT2D eigenvalue weighted by Crippen LogP contribution is 2.29. The van der Waals surface area contributed by atoms with Gasteiger partial charge in [-0.1, -0.05) is 80.9 Å². The summed E-state index contributed by atoms with van der Waals surface area (Å²) in [6.07, 6.45) is 15.0. The Balaban J connectivity index is 3.17. The molecule has 0 rings (SSSR count). The molecule has 0 aromatic heterocycles. The predicted octanol–water partition coefficient (Wildman–Crippen LogP) is 8.52. The van der Waals surface area contributed by atoms with Crippen molar-refractivity contribution in [1.82, 2.24) is 0 Å². The van der Waals surface area contributed by atoms with Crippen LogP contribution in [0, 0.1) is 5.41 Å². The normalized spacial score (nSPS) is 12.7. The molecule has 25 heavy (non-hydrogen) atoms. The zero-order valence-electron chi connectivity index (χ0n) is 18.1. The molecular formula is C22H46OS2. The lowest BCUT2D eigenvalue weighted by atomic mass is 9.83. The number of unbranched alkanes of at least 4 members (excludes halogenated alkanes) is 6. The van der Waals surface area contributed by atoms with Gasteiger partial charge in [-0.2, -0.15) is 0 Å². The van der Waals surface area contributed by atoms with Gasteiger partial charge in [0.25, 0.3) is 0 Å². The van der Waals surface area contributed by atoms with Gasteiger partial charge < -0.3 is 4.74 Å². The zero-order valence-corrected chi connectivity index (χ0v) is 19.8. The fourth-order valence-electron chi connectivity index (χ4n) is 3.03. The molecular weight excluding hydrogens is 344 g/mol. The third kappa shape index (κ3) is 20.8. The molecule has 0 radical (unpaired) electrons. The Morgan fingerprint density at radius 1 is 0.640 bits per heavy atom. The van der Waals surface area contributed by atoms with Crippen LogP contribution in [0.5, 0.6) is 0 Å². The van der Waals surface area contributed by atoms with E-state index in [1.54, 1.807) is 0 Å². The van der Waals surface area contributed by atoms with E-state index in [-0.39, 0.29) is 5.60 Å². The van der Waals surface area contributed by atoms with Crippen molar-refractivity contribution in [2.45, 2.75) is 118 Å². The molecule has 3 heteroatoms. The van der Waals surface area contributed by atoms with Crippen LogP contribution in [0.2, 0.25) is 0 Å². The maximum absolute atomic E-state index is 5.75. The monoisotopic (exact) mass is 390 g/mol. The van der Waals surface area contributed by atoms with Crippen LogP contribution in [-0.2, 0) is 4.74 Å². The number of hydrogen-bond donors (Lipinski definition) is 0. The average molecular weight is 391 g/mol. The van der Waals surface area contributed by atoms with Gasteiger partial charge in [0.2, 0.25) is 0 Å². The van der Waals surface area contributed by atoms with E-state index in [9.17, 15) is 0 Å². The summed E-state index contributed by atoms with van der Waals surface area (Å²) in [5.74, 6) is 2.65. The lowest BCUT2D eigenvalue weighted by Crippen LogP contribution is -2.19. The average Bonchev–Trinajstić information content (AvgIpc) is 2.50. The van der Waals surface area contributed by atoms with Crippen molar-refractivity contribution in [2.75, 3.05) is 18.1 Å². The van der Waals surface area contributed by atoms with Crippen LogP contribution < -0.4 is 0 Å². The first kappa shape index (κ1) is 25.7. The fraction of sp³-hybridized carbons (Fsp3) is 1.00. The molecule has 0 aliphatic heterocycles. The highest BCUT2D eigenvalue weighted by Gasteiger charge is 2.15. The number of hydrogen-bond acceptors (Lipinski definition) is 3. The third-order valence-corrected chi connectivity index (χ3v) is 7.08. The van der Waals surface area contributed by atoms with Crippen molar-refractivity contribution in [3.63, 3.8) is 0 Å². The van der Waals surface area contributed by atoms with Crippen LogP contribution in [0.1, 0.15) is 112 Å². The predicted molar refractivity (Wildman–Crippen MR) is 121 cm³/mol. The Morgan fingerprint density at radius 3 is 1.68 bits per heavy atom. The van der Waals surface area contributed by atoms with Gasteiger partial charge in [-0.3, -0.25) is 0 Å². The lowest BCUT2D eigenvalue weighted by Gasteiger charge is -2.23. The van der Waals surface area contributed by atoms with Crippen molar-refractivity contribution in [3.8, 4) is 0 Å². The van der Waals surface area contributed by atoms with Crippen LogP contribution in [0.3, 0.4) is 0 Å². The molecule has 0 amide bonds. The van der Waals surface area contributed by atoms with Gasteiger partial charge in [0.15, 0.2) is 0 Å². The lowest BCUT2D eigenvalue weighted by molar-refractivity contribution is -0.00470. The van der Waals surface area contributed by atoms with Crippen LogP contribution >= 0.6 is 21.6 Å². The number of rotatable bonds is 17. The summed E-state index contributed by atoms with van der Waals surface area (Å²) < 4.78 is 5.75. The second-order valence-electron chi connectivity index (χ2n) is 9.10. The van der Waals surface area contributed by atoms with Crippen LogP contribution in [0.25, 0.3) is 0 Å². The van der Waals surface area contributed by atoms with E-state index in [0.29, 0.717) is 5.41 Å². The molecule has 0 bridgehead atoms. The van der Waals surface area contributed by atoms with Crippen molar-refractivity contribution < 1.29 is 4.74 Å². The molecule has 0 saturated carbocycles. The maximum atomic E-state index is 5.75. The topological polar surface area (TPSA) is 9.23 Å². The molecule has 152 valence electrons. The first-order chi connectivity index (χ1) is 11.8. The van der Waals surface area contributed by atoms with Gasteiger partial charge in [0, 0.05) is 18.1 Å². The molecule has 0 aliphatic carbocycles. The summed E-state index contributed by atoms with van der Waals surface area (Å²) in [5.41, 5.74) is 0.594. The molecule has 0 heterocycles. The fourth-order valence-corrected chi connectivity index (χ4v) is 5.33. The summed E-state index contributed by atoms with van der Waals surface area (Å²) in [5, 5.41) is 0. The summed E-state index contributed by atoms with van der Waals surface area (Å²) in [4.78, 5) is 0. The molecule has 0 aromatic rings. The third-order valence-electron chi connectivity index (χ3n) is 4.50. The van der Waals surface area contributed by atoms with Crippen molar-refractivity contribution in [1.29, 1.82) is 0 Å². The van der Waals surface area contributed by atoms with Gasteiger partial charge >= 0.3 is 0 Å². The van der Waals surface area contributed by atoms with E-state index >= 15 is 0 Å². The number of ether oxygens (including phenoxy) is 1. The van der Waals surface area contributed by atoms with Crippen molar-refractivity contribution in [3.05, 3.63) is 0 Å². The second kappa shape index (κ2) is 15.7. The van der Waals surface area contributed by atoms with Crippen molar-refractivity contribution >= 4 is 21.6 Å². The smallest absolute Gasteiger partial charge is 0.0598 e. The quantitative estimate of drug-likeness (QED) is 0.182. The van der Waals surface area contributed by atoms with E-state index in [1.807, 2.05) is 0 Å². The highest BCUT2D eigenvalue weighted by molar-refractivity contribution is 8.76. The standard InChI is InChI=1S/C22H46OS2/c1-7-16-22(5,6)17-12-8-10-14-19-24-25-20-15-11-9-13-18-23-21(2,3)4/h7-20H2,1-6H3. The zero-order chi connectivity index (χ0) is 19.0. The van der Waals surface area contributed by atoms with E-state index in [4.69, 9.17) is 4.74 Å². The van der Waals surface area contributed by atoms with E-state index < -0.39 is 0 Å². The van der Waals surface area contributed by atoms with Crippen molar-refractivity contribution in [2.24, 2.45) is 5.41 Å². The van der Waals surface area contributed by atoms with Gasteiger partial charge in [-0.05, 0) is 58.3 Å². The SMILES string of the molecule is CCCC(C)(C)CCCCCCSSCCCCCCOC(C)(C)C. The molecule has 1 nitrogen and oxygen atoms in total. The molecule has 0 atom stereocenters. The Bertz CT molecular complexity index is 284. The van der Waals surface area contributed by atoms with E-state index in [1.165, 1.54) is 82.1 Å². The Hall–Kier alpha value is 0.660. The first-order valence-electron chi connectivity index (χ1n) is 10.7. The molecule has 0 spiro atoms. The minimum absolute atomic E-state index is 0.0260. The highest BCUT2D eigenvalue weighted by atomic mass is 33.1. The Kier molecular flexibility index (Phi) is 16.1. The van der Waals surface area contributed by atoms with Crippen LogP contribution in [0.15, 0.2) is 0 Å². The molecule has 0 unspecified atom stereocenters. The Morgan fingerprint density at radius 2 is 1.16 bits per heavy atom. The molecule has 0 N–H and O–H groups in total.